The van der Waals surface area contributed by atoms with Crippen molar-refractivity contribution in [1.29, 1.82) is 0 Å². The summed E-state index contributed by atoms with van der Waals surface area (Å²) in [6.45, 7) is 3.83. The van der Waals surface area contributed by atoms with E-state index in [-0.39, 0.29) is 5.56 Å². The number of thiazole rings is 1. The van der Waals surface area contributed by atoms with E-state index in [1.165, 1.54) is 16.0 Å². The molecule has 0 amide bonds. The van der Waals surface area contributed by atoms with Crippen LogP contribution in [0.15, 0.2) is 11.0 Å². The molecule has 0 bridgehead atoms. The molecule has 2 aromatic rings. The average Bonchev–Trinajstić information content (AvgIpc) is 2.60. The van der Waals surface area contributed by atoms with Crippen LogP contribution in [0.1, 0.15) is 10.7 Å². The Morgan fingerprint density at radius 2 is 2.21 bits per heavy atom. The van der Waals surface area contributed by atoms with E-state index in [2.05, 4.69) is 10.1 Å². The van der Waals surface area contributed by atoms with E-state index in [0.29, 0.717) is 0 Å². The fourth-order valence-electron chi connectivity index (χ4n) is 1.45. The summed E-state index contributed by atoms with van der Waals surface area (Å²) in [5.74, 6) is 0. The van der Waals surface area contributed by atoms with Crippen LogP contribution in [0, 0.1) is 13.8 Å². The Balaban J connectivity index is 2.67. The Morgan fingerprint density at radius 1 is 1.50 bits per heavy atom. The molecule has 0 radical (unpaired) electrons. The third kappa shape index (κ3) is 1.29. The smallest absolute Gasteiger partial charge is 0.275 e. The molecular formula is C9H11N3OS. The molecule has 2 rings (SSSR count). The quantitative estimate of drug-likeness (QED) is 0.773. The Labute approximate surface area is 85.2 Å². The SMILES string of the molecule is Cc1ncc(-c2c(C)[nH]n(C)c2=O)s1. The van der Waals surface area contributed by atoms with Gasteiger partial charge < -0.3 is 0 Å². The van der Waals surface area contributed by atoms with Crippen LogP contribution in [-0.4, -0.2) is 14.8 Å². The predicted molar refractivity (Wildman–Crippen MR) is 56.6 cm³/mol. The molecule has 2 aromatic heterocycles. The molecule has 4 nitrogen and oxygen atoms in total. The Kier molecular flexibility index (Phi) is 2.03. The van der Waals surface area contributed by atoms with E-state index >= 15 is 0 Å². The van der Waals surface area contributed by atoms with Gasteiger partial charge in [-0.1, -0.05) is 0 Å². The third-order valence-corrected chi connectivity index (χ3v) is 3.03. The summed E-state index contributed by atoms with van der Waals surface area (Å²) < 4.78 is 1.49. The minimum atomic E-state index is 0.00569. The van der Waals surface area contributed by atoms with E-state index in [1.54, 1.807) is 13.2 Å². The van der Waals surface area contributed by atoms with Gasteiger partial charge in [0.05, 0.1) is 15.4 Å². The van der Waals surface area contributed by atoms with E-state index in [1.807, 2.05) is 13.8 Å². The van der Waals surface area contributed by atoms with Gasteiger partial charge in [0.15, 0.2) is 0 Å². The highest BCUT2D eigenvalue weighted by atomic mass is 32.1. The summed E-state index contributed by atoms with van der Waals surface area (Å²) in [6.07, 6.45) is 1.75. The first-order valence-corrected chi connectivity index (χ1v) is 5.09. The molecule has 0 aliphatic heterocycles. The van der Waals surface area contributed by atoms with Crippen molar-refractivity contribution in [3.63, 3.8) is 0 Å². The summed E-state index contributed by atoms with van der Waals surface area (Å²) in [4.78, 5) is 16.8. The minimum Gasteiger partial charge on any atom is -0.300 e. The number of aryl methyl sites for hydroxylation is 3. The molecule has 0 atom stereocenters. The van der Waals surface area contributed by atoms with Crippen molar-refractivity contribution in [2.24, 2.45) is 7.05 Å². The topological polar surface area (TPSA) is 50.7 Å². The van der Waals surface area contributed by atoms with Crippen LogP contribution in [0.25, 0.3) is 10.4 Å². The highest BCUT2D eigenvalue weighted by Crippen LogP contribution is 2.24. The van der Waals surface area contributed by atoms with Gasteiger partial charge >= 0.3 is 0 Å². The predicted octanol–water partition coefficient (Wildman–Crippen LogP) is 1.45. The average molecular weight is 209 g/mol. The van der Waals surface area contributed by atoms with Gasteiger partial charge in [0.25, 0.3) is 5.56 Å². The second-order valence-corrected chi connectivity index (χ2v) is 4.45. The van der Waals surface area contributed by atoms with E-state index in [0.717, 1.165) is 21.1 Å². The number of hydrogen-bond acceptors (Lipinski definition) is 3. The van der Waals surface area contributed by atoms with Gasteiger partial charge in [-0.2, -0.15) is 0 Å². The lowest BCUT2D eigenvalue weighted by molar-refractivity contribution is 0.731. The Bertz CT molecular complexity index is 520. The summed E-state index contributed by atoms with van der Waals surface area (Å²) >= 11 is 1.54. The summed E-state index contributed by atoms with van der Waals surface area (Å²) in [7, 11) is 1.72. The zero-order valence-electron chi connectivity index (χ0n) is 8.29. The molecule has 0 aromatic carbocycles. The van der Waals surface area contributed by atoms with Crippen LogP contribution >= 0.6 is 11.3 Å². The molecule has 0 saturated heterocycles. The zero-order valence-corrected chi connectivity index (χ0v) is 9.10. The standard InChI is InChI=1S/C9H11N3OS/c1-5-8(9(13)12(3)11-5)7-4-10-6(2)14-7/h4,11H,1-3H3. The molecule has 0 spiro atoms. The monoisotopic (exact) mass is 209 g/mol. The molecule has 0 saturated carbocycles. The molecule has 0 unspecified atom stereocenters. The molecule has 0 aliphatic carbocycles. The van der Waals surface area contributed by atoms with Crippen molar-refractivity contribution in [3.05, 3.63) is 27.3 Å². The first-order valence-electron chi connectivity index (χ1n) is 4.28. The second kappa shape index (κ2) is 3.09. The van der Waals surface area contributed by atoms with Crippen LogP contribution in [-0.2, 0) is 7.05 Å². The van der Waals surface area contributed by atoms with Crippen LogP contribution in [0.4, 0.5) is 0 Å². The number of hydrogen-bond donors (Lipinski definition) is 1. The number of aromatic amines is 1. The van der Waals surface area contributed by atoms with Crippen molar-refractivity contribution in [3.8, 4) is 10.4 Å². The maximum Gasteiger partial charge on any atom is 0.275 e. The van der Waals surface area contributed by atoms with Gasteiger partial charge in [-0.15, -0.1) is 11.3 Å². The fraction of sp³-hybridized carbons (Fsp3) is 0.333. The summed E-state index contributed by atoms with van der Waals surface area (Å²) in [6, 6.07) is 0. The van der Waals surface area contributed by atoms with Gasteiger partial charge in [-0.05, 0) is 13.8 Å². The molecule has 74 valence electrons. The number of nitrogens with one attached hydrogen (secondary N) is 1. The molecule has 14 heavy (non-hydrogen) atoms. The van der Waals surface area contributed by atoms with Gasteiger partial charge in [0, 0.05) is 18.9 Å². The van der Waals surface area contributed by atoms with E-state index in [4.69, 9.17) is 0 Å². The summed E-state index contributed by atoms with van der Waals surface area (Å²) in [5.41, 5.74) is 1.63. The summed E-state index contributed by atoms with van der Waals surface area (Å²) in [5, 5.41) is 3.94. The lowest BCUT2D eigenvalue weighted by Gasteiger charge is -1.88. The lowest BCUT2D eigenvalue weighted by Crippen LogP contribution is -2.12. The molecular weight excluding hydrogens is 198 g/mol. The van der Waals surface area contributed by atoms with Gasteiger partial charge in [-0.25, -0.2) is 4.98 Å². The highest BCUT2D eigenvalue weighted by Gasteiger charge is 2.13. The Morgan fingerprint density at radius 3 is 2.64 bits per heavy atom. The van der Waals surface area contributed by atoms with E-state index in [9.17, 15) is 4.79 Å². The van der Waals surface area contributed by atoms with Gasteiger partial charge in [-0.3, -0.25) is 14.6 Å². The largest absolute Gasteiger partial charge is 0.300 e. The number of rotatable bonds is 1. The molecule has 1 N–H and O–H groups in total. The van der Waals surface area contributed by atoms with Crippen molar-refractivity contribution in [1.82, 2.24) is 14.8 Å². The number of nitrogens with zero attached hydrogens (tertiary/aromatic N) is 2. The second-order valence-electron chi connectivity index (χ2n) is 3.22. The normalized spacial score (nSPS) is 10.8. The van der Waals surface area contributed by atoms with Crippen LogP contribution < -0.4 is 5.56 Å². The highest BCUT2D eigenvalue weighted by molar-refractivity contribution is 7.15. The minimum absolute atomic E-state index is 0.00569. The first kappa shape index (κ1) is 9.21. The number of aromatic nitrogens is 3. The van der Waals surface area contributed by atoms with Gasteiger partial charge in [0.1, 0.15) is 0 Å². The third-order valence-electron chi connectivity index (χ3n) is 2.10. The zero-order chi connectivity index (χ0) is 10.3. The van der Waals surface area contributed by atoms with Crippen molar-refractivity contribution < 1.29 is 0 Å². The molecule has 0 fully saturated rings. The van der Waals surface area contributed by atoms with Crippen LogP contribution in [0.3, 0.4) is 0 Å². The van der Waals surface area contributed by atoms with Crippen molar-refractivity contribution in [2.45, 2.75) is 13.8 Å². The molecule has 2 heterocycles. The van der Waals surface area contributed by atoms with Crippen molar-refractivity contribution >= 4 is 11.3 Å². The number of H-pyrrole nitrogens is 1. The molecule has 5 heteroatoms. The van der Waals surface area contributed by atoms with Gasteiger partial charge in [0.2, 0.25) is 0 Å². The van der Waals surface area contributed by atoms with Crippen molar-refractivity contribution in [2.75, 3.05) is 0 Å². The van der Waals surface area contributed by atoms with Crippen LogP contribution in [0.2, 0.25) is 0 Å². The maximum absolute atomic E-state index is 11.7. The van der Waals surface area contributed by atoms with E-state index < -0.39 is 0 Å². The Hall–Kier alpha value is -1.36. The van der Waals surface area contributed by atoms with Crippen LogP contribution in [0.5, 0.6) is 0 Å². The lowest BCUT2D eigenvalue weighted by atomic mass is 10.2. The first-order chi connectivity index (χ1) is 6.59. The fourth-order valence-corrected chi connectivity index (χ4v) is 2.33. The maximum atomic E-state index is 11.7. The molecule has 0 aliphatic rings.